The predicted molar refractivity (Wildman–Crippen MR) is 78.9 cm³/mol. The van der Waals surface area contributed by atoms with Gasteiger partial charge in [-0.25, -0.2) is 4.98 Å². The van der Waals surface area contributed by atoms with Crippen molar-refractivity contribution in [3.63, 3.8) is 0 Å². The highest BCUT2D eigenvalue weighted by Gasteiger charge is 2.21. The Morgan fingerprint density at radius 3 is 2.65 bits per heavy atom. The van der Waals surface area contributed by atoms with E-state index in [-0.39, 0.29) is 12.3 Å². The van der Waals surface area contributed by atoms with Gasteiger partial charge in [0.05, 0.1) is 10.7 Å². The summed E-state index contributed by atoms with van der Waals surface area (Å²) >= 11 is 1.62. The van der Waals surface area contributed by atoms with Crippen molar-refractivity contribution in [2.75, 3.05) is 0 Å². The zero-order valence-corrected chi connectivity index (χ0v) is 13.0. The molecule has 6 heteroatoms. The average molecular weight is 298 g/mol. The van der Waals surface area contributed by atoms with Crippen LogP contribution in [0.2, 0.25) is 0 Å². The molecule has 2 N–H and O–H groups in total. The molecule has 0 fully saturated rings. The van der Waals surface area contributed by atoms with Crippen LogP contribution in [0.5, 0.6) is 0 Å². The number of nitrogens with zero attached hydrogens (tertiary/aromatic N) is 1. The lowest BCUT2D eigenvalue weighted by Crippen LogP contribution is -2.43. The van der Waals surface area contributed by atoms with Gasteiger partial charge in [-0.15, -0.1) is 11.3 Å². The van der Waals surface area contributed by atoms with E-state index in [4.69, 9.17) is 5.11 Å². The van der Waals surface area contributed by atoms with Gasteiger partial charge in [0.25, 0.3) is 0 Å². The maximum absolute atomic E-state index is 11.8. The van der Waals surface area contributed by atoms with Crippen molar-refractivity contribution >= 4 is 23.2 Å². The number of aryl methyl sites for hydroxylation is 2. The van der Waals surface area contributed by atoms with Gasteiger partial charge in [0.2, 0.25) is 5.91 Å². The number of carbonyl (C=O) groups excluding carboxylic acids is 1. The molecule has 1 aromatic rings. The van der Waals surface area contributed by atoms with Crippen molar-refractivity contribution in [3.05, 3.63) is 16.1 Å². The van der Waals surface area contributed by atoms with Crippen LogP contribution in [0.25, 0.3) is 0 Å². The Bertz CT molecular complexity index is 469. The fourth-order valence-electron chi connectivity index (χ4n) is 1.87. The number of aliphatic carboxylic acids is 1. The van der Waals surface area contributed by atoms with Crippen LogP contribution in [-0.2, 0) is 16.0 Å². The van der Waals surface area contributed by atoms with E-state index in [0.29, 0.717) is 12.8 Å². The number of carbonyl (C=O) groups is 2. The summed E-state index contributed by atoms with van der Waals surface area (Å²) in [6, 6.07) is 0. The SMILES string of the molecule is Cc1nc(CCCC(=O)NC(C)(C)CCC(=O)O)cs1. The molecule has 5 nitrogen and oxygen atoms in total. The Morgan fingerprint density at radius 2 is 2.10 bits per heavy atom. The number of hydrogen-bond acceptors (Lipinski definition) is 4. The van der Waals surface area contributed by atoms with Crippen LogP contribution >= 0.6 is 11.3 Å². The van der Waals surface area contributed by atoms with E-state index in [9.17, 15) is 9.59 Å². The van der Waals surface area contributed by atoms with E-state index in [2.05, 4.69) is 10.3 Å². The van der Waals surface area contributed by atoms with Gasteiger partial charge >= 0.3 is 5.97 Å². The van der Waals surface area contributed by atoms with Gasteiger partial charge in [0.15, 0.2) is 0 Å². The molecular weight excluding hydrogens is 276 g/mol. The molecule has 0 aliphatic heterocycles. The second-order valence-corrected chi connectivity index (χ2v) is 6.60. The fraction of sp³-hybridized carbons (Fsp3) is 0.643. The number of thiazole rings is 1. The maximum Gasteiger partial charge on any atom is 0.303 e. The molecule has 0 aliphatic carbocycles. The molecule has 0 saturated carbocycles. The van der Waals surface area contributed by atoms with Gasteiger partial charge in [-0.3, -0.25) is 9.59 Å². The van der Waals surface area contributed by atoms with Crippen LogP contribution in [0.1, 0.15) is 50.2 Å². The molecule has 0 spiro atoms. The lowest BCUT2D eigenvalue weighted by molar-refractivity contribution is -0.137. The van der Waals surface area contributed by atoms with E-state index < -0.39 is 11.5 Å². The van der Waals surface area contributed by atoms with Gasteiger partial charge in [0.1, 0.15) is 0 Å². The number of nitrogens with one attached hydrogen (secondary N) is 1. The highest BCUT2D eigenvalue weighted by atomic mass is 32.1. The van der Waals surface area contributed by atoms with Crippen molar-refractivity contribution in [3.8, 4) is 0 Å². The third kappa shape index (κ3) is 6.65. The maximum atomic E-state index is 11.8. The predicted octanol–water partition coefficient (Wildman–Crippen LogP) is 2.53. The third-order valence-corrected chi connectivity index (χ3v) is 3.77. The van der Waals surface area contributed by atoms with Crippen molar-refractivity contribution in [2.45, 2.75) is 58.4 Å². The molecule has 0 unspecified atom stereocenters. The lowest BCUT2D eigenvalue weighted by atomic mass is 9.98. The first kappa shape index (κ1) is 16.6. The molecule has 0 radical (unpaired) electrons. The molecule has 0 atom stereocenters. The summed E-state index contributed by atoms with van der Waals surface area (Å²) in [6.45, 7) is 5.65. The summed E-state index contributed by atoms with van der Waals surface area (Å²) in [5.74, 6) is -0.876. The zero-order valence-electron chi connectivity index (χ0n) is 12.2. The second kappa shape index (κ2) is 7.38. The molecular formula is C14H22N2O3S. The zero-order chi connectivity index (χ0) is 15.2. The van der Waals surface area contributed by atoms with E-state index in [1.807, 2.05) is 26.2 Å². The first-order chi connectivity index (χ1) is 9.28. The molecule has 0 saturated heterocycles. The molecule has 0 aromatic carbocycles. The van der Waals surface area contributed by atoms with Gasteiger partial charge in [-0.2, -0.15) is 0 Å². The Morgan fingerprint density at radius 1 is 1.40 bits per heavy atom. The van der Waals surface area contributed by atoms with Crippen molar-refractivity contribution < 1.29 is 14.7 Å². The quantitative estimate of drug-likeness (QED) is 0.773. The second-order valence-electron chi connectivity index (χ2n) is 5.54. The number of hydrogen-bond donors (Lipinski definition) is 2. The molecule has 0 aliphatic rings. The van der Waals surface area contributed by atoms with Crippen LogP contribution in [0.15, 0.2) is 5.38 Å². The summed E-state index contributed by atoms with van der Waals surface area (Å²) < 4.78 is 0. The molecule has 1 heterocycles. The molecule has 20 heavy (non-hydrogen) atoms. The van der Waals surface area contributed by atoms with Gasteiger partial charge < -0.3 is 10.4 Å². The Labute approximate surface area is 123 Å². The third-order valence-electron chi connectivity index (χ3n) is 2.95. The van der Waals surface area contributed by atoms with Crippen LogP contribution in [0.4, 0.5) is 0 Å². The topological polar surface area (TPSA) is 79.3 Å². The largest absolute Gasteiger partial charge is 0.481 e. The Kier molecular flexibility index (Phi) is 6.13. The summed E-state index contributed by atoms with van der Waals surface area (Å²) in [7, 11) is 0. The minimum Gasteiger partial charge on any atom is -0.481 e. The summed E-state index contributed by atoms with van der Waals surface area (Å²) in [6.07, 6.45) is 2.48. The number of aromatic nitrogens is 1. The van der Waals surface area contributed by atoms with Crippen molar-refractivity contribution in [1.29, 1.82) is 0 Å². The van der Waals surface area contributed by atoms with Crippen LogP contribution in [0, 0.1) is 6.92 Å². The normalized spacial score (nSPS) is 11.3. The number of carboxylic acid groups (broad SMARTS) is 1. The first-order valence-electron chi connectivity index (χ1n) is 6.72. The Balaban J connectivity index is 2.27. The average Bonchev–Trinajstić information content (AvgIpc) is 2.72. The van der Waals surface area contributed by atoms with E-state index >= 15 is 0 Å². The van der Waals surface area contributed by atoms with E-state index in [1.54, 1.807) is 11.3 Å². The minimum absolute atomic E-state index is 0.0349. The summed E-state index contributed by atoms with van der Waals surface area (Å²) in [5, 5.41) is 14.6. The number of carboxylic acids is 1. The minimum atomic E-state index is -0.841. The number of rotatable bonds is 8. The molecule has 1 rings (SSSR count). The van der Waals surface area contributed by atoms with Crippen molar-refractivity contribution in [2.24, 2.45) is 0 Å². The van der Waals surface area contributed by atoms with Gasteiger partial charge in [-0.1, -0.05) is 0 Å². The summed E-state index contributed by atoms with van der Waals surface area (Å²) in [4.78, 5) is 26.7. The summed E-state index contributed by atoms with van der Waals surface area (Å²) in [5.41, 5.74) is 0.553. The van der Waals surface area contributed by atoms with Gasteiger partial charge in [-0.05, 0) is 40.0 Å². The Hall–Kier alpha value is -1.43. The lowest BCUT2D eigenvalue weighted by Gasteiger charge is -2.25. The molecule has 112 valence electrons. The molecule has 0 bridgehead atoms. The van der Waals surface area contributed by atoms with Crippen LogP contribution in [0.3, 0.4) is 0 Å². The van der Waals surface area contributed by atoms with Crippen molar-refractivity contribution in [1.82, 2.24) is 10.3 Å². The van der Waals surface area contributed by atoms with Crippen LogP contribution < -0.4 is 5.32 Å². The molecule has 1 amide bonds. The van der Waals surface area contributed by atoms with E-state index in [1.165, 1.54) is 0 Å². The standard InChI is InChI=1S/C14H22N2O3S/c1-10-15-11(9-20-10)5-4-6-12(17)16-14(2,3)8-7-13(18)19/h9H,4-8H2,1-3H3,(H,16,17)(H,18,19). The van der Waals surface area contributed by atoms with Crippen LogP contribution in [-0.4, -0.2) is 27.5 Å². The van der Waals surface area contributed by atoms with E-state index in [0.717, 1.165) is 23.5 Å². The fourth-order valence-corrected chi connectivity index (χ4v) is 2.52. The highest BCUT2D eigenvalue weighted by molar-refractivity contribution is 7.09. The molecule has 1 aromatic heterocycles. The van der Waals surface area contributed by atoms with Gasteiger partial charge in [0, 0.05) is 23.8 Å². The smallest absolute Gasteiger partial charge is 0.303 e. The number of amides is 1. The highest BCUT2D eigenvalue weighted by Crippen LogP contribution is 2.13. The first-order valence-corrected chi connectivity index (χ1v) is 7.60. The monoisotopic (exact) mass is 298 g/mol.